The third kappa shape index (κ3) is 3.34. The Balaban J connectivity index is 2.02. The standard InChI is InChI=1S/C16H18F3N3S/c1-23-10-14-13-4-2-3-9-20-15(13)22(21-14)12-7-5-11(6-8-12)16(17,18)19/h5-8,20H,2-4,9-10H2,1H3. The number of thioether (sulfide) groups is 1. The predicted octanol–water partition coefficient (Wildman–Crippen LogP) is 4.50. The van der Waals surface area contributed by atoms with Crippen LogP contribution >= 0.6 is 11.8 Å². The van der Waals surface area contributed by atoms with E-state index in [-0.39, 0.29) is 0 Å². The van der Waals surface area contributed by atoms with E-state index in [1.54, 1.807) is 16.4 Å². The van der Waals surface area contributed by atoms with E-state index in [1.807, 2.05) is 6.26 Å². The van der Waals surface area contributed by atoms with Gasteiger partial charge in [0, 0.05) is 17.9 Å². The SMILES string of the molecule is CSCc1nn(-c2ccc(C(F)(F)F)cc2)c2c1CCCCN2. The highest BCUT2D eigenvalue weighted by molar-refractivity contribution is 7.97. The van der Waals surface area contributed by atoms with Gasteiger partial charge >= 0.3 is 6.18 Å². The number of rotatable bonds is 3. The third-order valence-corrected chi connectivity index (χ3v) is 4.50. The molecule has 2 aromatic rings. The van der Waals surface area contributed by atoms with Gasteiger partial charge in [-0.15, -0.1) is 0 Å². The average molecular weight is 341 g/mol. The molecule has 0 saturated heterocycles. The lowest BCUT2D eigenvalue weighted by Gasteiger charge is -2.11. The minimum absolute atomic E-state index is 0.642. The van der Waals surface area contributed by atoms with Crippen molar-refractivity contribution >= 4 is 17.6 Å². The van der Waals surface area contributed by atoms with E-state index >= 15 is 0 Å². The Kier molecular flexibility index (Phi) is 4.57. The number of nitrogens with zero attached hydrogens (tertiary/aromatic N) is 2. The molecule has 3 rings (SSSR count). The van der Waals surface area contributed by atoms with E-state index in [2.05, 4.69) is 10.4 Å². The molecule has 0 saturated carbocycles. The topological polar surface area (TPSA) is 29.9 Å². The van der Waals surface area contributed by atoms with E-state index in [0.717, 1.165) is 55.2 Å². The van der Waals surface area contributed by atoms with Crippen molar-refractivity contribution < 1.29 is 13.2 Å². The van der Waals surface area contributed by atoms with Crippen molar-refractivity contribution in [1.82, 2.24) is 9.78 Å². The second kappa shape index (κ2) is 6.47. The number of benzene rings is 1. The Morgan fingerprint density at radius 3 is 2.61 bits per heavy atom. The van der Waals surface area contributed by atoms with Crippen LogP contribution in [0, 0.1) is 0 Å². The molecule has 0 fully saturated rings. The number of fused-ring (bicyclic) bond motifs is 1. The lowest BCUT2D eigenvalue weighted by atomic mass is 10.1. The fraction of sp³-hybridized carbons (Fsp3) is 0.438. The normalized spacial score (nSPS) is 15.0. The van der Waals surface area contributed by atoms with Gasteiger partial charge < -0.3 is 5.32 Å². The highest BCUT2D eigenvalue weighted by atomic mass is 32.2. The van der Waals surface area contributed by atoms with Crippen LogP contribution in [-0.4, -0.2) is 22.6 Å². The summed E-state index contributed by atoms with van der Waals surface area (Å²) in [6.07, 6.45) is 0.842. The molecule has 1 aliphatic rings. The van der Waals surface area contributed by atoms with Crippen molar-refractivity contribution in [1.29, 1.82) is 0 Å². The molecule has 1 aliphatic heterocycles. The van der Waals surface area contributed by atoms with E-state index in [0.29, 0.717) is 5.69 Å². The maximum absolute atomic E-state index is 12.7. The van der Waals surface area contributed by atoms with Crippen LogP contribution < -0.4 is 5.32 Å². The first-order valence-electron chi connectivity index (χ1n) is 7.52. The Morgan fingerprint density at radius 1 is 1.22 bits per heavy atom. The van der Waals surface area contributed by atoms with Crippen LogP contribution in [-0.2, 0) is 18.3 Å². The Labute approximate surface area is 137 Å². The molecule has 0 amide bonds. The van der Waals surface area contributed by atoms with Crippen LogP contribution in [0.5, 0.6) is 0 Å². The van der Waals surface area contributed by atoms with Gasteiger partial charge in [0.05, 0.1) is 16.9 Å². The van der Waals surface area contributed by atoms with Gasteiger partial charge in [0.15, 0.2) is 0 Å². The molecule has 0 spiro atoms. The van der Waals surface area contributed by atoms with Gasteiger partial charge in [-0.3, -0.25) is 0 Å². The molecule has 7 heteroatoms. The van der Waals surface area contributed by atoms with Gasteiger partial charge in [-0.2, -0.15) is 30.0 Å². The summed E-state index contributed by atoms with van der Waals surface area (Å²) in [4.78, 5) is 0. The van der Waals surface area contributed by atoms with Crippen molar-refractivity contribution in [2.45, 2.75) is 31.2 Å². The minimum atomic E-state index is -4.32. The lowest BCUT2D eigenvalue weighted by Crippen LogP contribution is -2.08. The number of hydrogen-bond acceptors (Lipinski definition) is 3. The highest BCUT2D eigenvalue weighted by Gasteiger charge is 2.30. The maximum atomic E-state index is 12.7. The van der Waals surface area contributed by atoms with Gasteiger partial charge in [0.1, 0.15) is 5.82 Å². The van der Waals surface area contributed by atoms with E-state index in [9.17, 15) is 13.2 Å². The summed E-state index contributed by atoms with van der Waals surface area (Å²) in [7, 11) is 0. The van der Waals surface area contributed by atoms with Crippen LogP contribution in [0.1, 0.15) is 29.7 Å². The Bertz CT molecular complexity index is 677. The fourth-order valence-corrected chi connectivity index (χ4v) is 3.31. The van der Waals surface area contributed by atoms with E-state index < -0.39 is 11.7 Å². The zero-order chi connectivity index (χ0) is 16.4. The zero-order valence-electron chi connectivity index (χ0n) is 12.8. The largest absolute Gasteiger partial charge is 0.416 e. The first kappa shape index (κ1) is 16.2. The summed E-state index contributed by atoms with van der Waals surface area (Å²) >= 11 is 1.70. The molecule has 1 N–H and O–H groups in total. The smallest absolute Gasteiger partial charge is 0.370 e. The van der Waals surface area contributed by atoms with Gasteiger partial charge in [-0.25, -0.2) is 4.68 Å². The summed E-state index contributed by atoms with van der Waals surface area (Å²) in [6.45, 7) is 0.859. The quantitative estimate of drug-likeness (QED) is 0.891. The first-order chi connectivity index (χ1) is 11.0. The summed E-state index contributed by atoms with van der Waals surface area (Å²) in [6, 6.07) is 5.17. The van der Waals surface area contributed by atoms with Crippen LogP contribution in [0.25, 0.3) is 5.69 Å². The van der Waals surface area contributed by atoms with Crippen molar-refractivity contribution in [3.63, 3.8) is 0 Å². The van der Waals surface area contributed by atoms with Gasteiger partial charge in [-0.1, -0.05) is 0 Å². The second-order valence-electron chi connectivity index (χ2n) is 5.55. The monoisotopic (exact) mass is 341 g/mol. The molecule has 2 heterocycles. The number of anilines is 1. The molecule has 3 nitrogen and oxygen atoms in total. The molecule has 0 atom stereocenters. The van der Waals surface area contributed by atoms with E-state index in [4.69, 9.17) is 0 Å². The number of aromatic nitrogens is 2. The zero-order valence-corrected chi connectivity index (χ0v) is 13.6. The molecule has 23 heavy (non-hydrogen) atoms. The van der Waals surface area contributed by atoms with Gasteiger partial charge in [0.2, 0.25) is 0 Å². The number of alkyl halides is 3. The molecule has 0 bridgehead atoms. The summed E-state index contributed by atoms with van der Waals surface area (Å²) < 4.78 is 39.9. The molecule has 1 aromatic carbocycles. The van der Waals surface area contributed by atoms with Crippen molar-refractivity contribution in [2.75, 3.05) is 18.1 Å². The summed E-state index contributed by atoms with van der Waals surface area (Å²) in [5.74, 6) is 1.73. The van der Waals surface area contributed by atoms with Gasteiger partial charge in [0.25, 0.3) is 0 Å². The third-order valence-electron chi connectivity index (χ3n) is 3.93. The Hall–Kier alpha value is -1.63. The first-order valence-corrected chi connectivity index (χ1v) is 8.91. The van der Waals surface area contributed by atoms with Crippen molar-refractivity contribution in [2.24, 2.45) is 0 Å². The van der Waals surface area contributed by atoms with Gasteiger partial charge in [-0.05, 0) is 49.8 Å². The second-order valence-corrected chi connectivity index (χ2v) is 6.41. The van der Waals surface area contributed by atoms with Crippen LogP contribution in [0.4, 0.5) is 19.0 Å². The predicted molar refractivity (Wildman–Crippen MR) is 87.2 cm³/mol. The van der Waals surface area contributed by atoms with Crippen LogP contribution in [0.2, 0.25) is 0 Å². The fourth-order valence-electron chi connectivity index (χ4n) is 2.80. The number of hydrogen-bond donors (Lipinski definition) is 1. The van der Waals surface area contributed by atoms with Crippen molar-refractivity contribution in [3.05, 3.63) is 41.1 Å². The minimum Gasteiger partial charge on any atom is -0.370 e. The molecule has 124 valence electrons. The molecule has 0 aliphatic carbocycles. The number of halogens is 3. The molecular weight excluding hydrogens is 323 g/mol. The molecular formula is C16H18F3N3S. The van der Waals surface area contributed by atoms with Crippen LogP contribution in [0.15, 0.2) is 24.3 Å². The Morgan fingerprint density at radius 2 is 1.96 bits per heavy atom. The highest BCUT2D eigenvalue weighted by Crippen LogP contribution is 2.32. The van der Waals surface area contributed by atoms with Crippen molar-refractivity contribution in [3.8, 4) is 5.69 Å². The lowest BCUT2D eigenvalue weighted by molar-refractivity contribution is -0.137. The number of nitrogens with one attached hydrogen (secondary N) is 1. The van der Waals surface area contributed by atoms with E-state index in [1.165, 1.54) is 17.7 Å². The maximum Gasteiger partial charge on any atom is 0.416 e. The molecule has 1 aromatic heterocycles. The molecule has 0 unspecified atom stereocenters. The molecule has 0 radical (unpaired) electrons. The summed E-state index contributed by atoms with van der Waals surface area (Å²) in [5.41, 5.74) is 2.21. The van der Waals surface area contributed by atoms with Crippen LogP contribution in [0.3, 0.4) is 0 Å². The summed E-state index contributed by atoms with van der Waals surface area (Å²) in [5, 5.41) is 8.02. The average Bonchev–Trinajstić information content (AvgIpc) is 2.70.